The highest BCUT2D eigenvalue weighted by molar-refractivity contribution is 5.66. The van der Waals surface area contributed by atoms with E-state index >= 15 is 0 Å². The maximum atomic E-state index is 10.6. The standard InChI is InChI=1S/C24H44O2/c1-6-7-8-9-10-11-12-14-20(2)17-22(4)19-23(5)18-21(3)15-13-16-24(25)26/h17-18,20-21H,6-16,19H2,1-5H3,(H,25,26)/b22-17-,23-18+/t20-,21-/m1/s1. The van der Waals surface area contributed by atoms with Gasteiger partial charge >= 0.3 is 5.97 Å². The van der Waals surface area contributed by atoms with Gasteiger partial charge in [0.25, 0.3) is 0 Å². The quantitative estimate of drug-likeness (QED) is 0.223. The molecular weight excluding hydrogens is 320 g/mol. The molecule has 0 fully saturated rings. The average Bonchev–Trinajstić information content (AvgIpc) is 2.53. The van der Waals surface area contributed by atoms with Gasteiger partial charge in [-0.05, 0) is 51.4 Å². The zero-order valence-electron chi connectivity index (χ0n) is 18.2. The van der Waals surface area contributed by atoms with Crippen molar-refractivity contribution in [3.05, 3.63) is 23.3 Å². The lowest BCUT2D eigenvalue weighted by atomic mass is 9.95. The summed E-state index contributed by atoms with van der Waals surface area (Å²) in [5.41, 5.74) is 2.87. The van der Waals surface area contributed by atoms with Crippen LogP contribution in [0.25, 0.3) is 0 Å². The molecule has 0 saturated heterocycles. The molecule has 0 aliphatic carbocycles. The molecule has 152 valence electrons. The van der Waals surface area contributed by atoms with E-state index in [2.05, 4.69) is 46.8 Å². The van der Waals surface area contributed by atoms with Crippen LogP contribution in [-0.4, -0.2) is 11.1 Å². The van der Waals surface area contributed by atoms with Gasteiger partial charge in [0.05, 0.1) is 0 Å². The summed E-state index contributed by atoms with van der Waals surface area (Å²) < 4.78 is 0. The van der Waals surface area contributed by atoms with Gasteiger partial charge in [-0.25, -0.2) is 0 Å². The Hall–Kier alpha value is -1.05. The third-order valence-corrected chi connectivity index (χ3v) is 5.01. The lowest BCUT2D eigenvalue weighted by molar-refractivity contribution is -0.137. The SMILES string of the molecule is CCCCCCCCC[C@@H](C)/C=C(/C)C/C(C)=C/[C@H](C)CCCC(=O)O. The van der Waals surface area contributed by atoms with Crippen LogP contribution in [0.1, 0.15) is 112 Å². The maximum Gasteiger partial charge on any atom is 0.303 e. The number of carboxylic acids is 1. The van der Waals surface area contributed by atoms with Crippen molar-refractivity contribution in [1.29, 1.82) is 0 Å². The van der Waals surface area contributed by atoms with Gasteiger partial charge < -0.3 is 5.11 Å². The number of hydrogen-bond acceptors (Lipinski definition) is 1. The second-order valence-corrected chi connectivity index (χ2v) is 8.35. The summed E-state index contributed by atoms with van der Waals surface area (Å²) in [5, 5.41) is 8.71. The molecule has 0 bridgehead atoms. The summed E-state index contributed by atoms with van der Waals surface area (Å²) >= 11 is 0. The Morgan fingerprint density at radius 2 is 1.27 bits per heavy atom. The Morgan fingerprint density at radius 3 is 1.77 bits per heavy atom. The van der Waals surface area contributed by atoms with Crippen molar-refractivity contribution in [2.45, 2.75) is 112 Å². The molecule has 0 aliphatic rings. The van der Waals surface area contributed by atoms with Crippen LogP contribution in [0.5, 0.6) is 0 Å². The van der Waals surface area contributed by atoms with Gasteiger partial charge in [0.2, 0.25) is 0 Å². The number of carboxylic acid groups (broad SMARTS) is 1. The number of allylic oxidation sites excluding steroid dienone is 4. The van der Waals surface area contributed by atoms with Crippen LogP contribution in [0.3, 0.4) is 0 Å². The summed E-state index contributed by atoms with van der Waals surface area (Å²) in [5.74, 6) is 0.449. The number of rotatable bonds is 16. The molecule has 0 radical (unpaired) electrons. The first-order chi connectivity index (χ1) is 12.3. The van der Waals surface area contributed by atoms with Crippen LogP contribution in [-0.2, 0) is 4.79 Å². The smallest absolute Gasteiger partial charge is 0.303 e. The fourth-order valence-corrected chi connectivity index (χ4v) is 3.69. The molecule has 0 saturated carbocycles. The molecular formula is C24H44O2. The summed E-state index contributed by atoms with van der Waals surface area (Å²) in [6, 6.07) is 0. The van der Waals surface area contributed by atoms with E-state index in [0.717, 1.165) is 19.3 Å². The molecule has 0 aromatic heterocycles. The first-order valence-electron chi connectivity index (χ1n) is 10.9. The van der Waals surface area contributed by atoms with Crippen LogP contribution >= 0.6 is 0 Å². The highest BCUT2D eigenvalue weighted by Gasteiger charge is 2.04. The Morgan fingerprint density at radius 1 is 0.808 bits per heavy atom. The van der Waals surface area contributed by atoms with Crippen LogP contribution in [0.2, 0.25) is 0 Å². The lowest BCUT2D eigenvalue weighted by Gasteiger charge is -2.11. The number of hydrogen-bond donors (Lipinski definition) is 1. The summed E-state index contributed by atoms with van der Waals surface area (Å²) in [4.78, 5) is 10.6. The second kappa shape index (κ2) is 16.1. The molecule has 0 amide bonds. The topological polar surface area (TPSA) is 37.3 Å². The normalized spacial score (nSPS) is 15.1. The first kappa shape index (κ1) is 24.9. The molecule has 26 heavy (non-hydrogen) atoms. The minimum Gasteiger partial charge on any atom is -0.481 e. The van der Waals surface area contributed by atoms with E-state index in [-0.39, 0.29) is 6.42 Å². The molecule has 2 heteroatoms. The van der Waals surface area contributed by atoms with Crippen molar-refractivity contribution in [2.75, 3.05) is 0 Å². The van der Waals surface area contributed by atoms with E-state index < -0.39 is 5.97 Å². The molecule has 2 nitrogen and oxygen atoms in total. The van der Waals surface area contributed by atoms with Crippen molar-refractivity contribution in [1.82, 2.24) is 0 Å². The van der Waals surface area contributed by atoms with Gasteiger partial charge in [-0.2, -0.15) is 0 Å². The highest BCUT2D eigenvalue weighted by atomic mass is 16.4. The molecule has 2 atom stereocenters. The largest absolute Gasteiger partial charge is 0.481 e. The molecule has 0 heterocycles. The predicted octanol–water partition coefficient (Wildman–Crippen LogP) is 7.94. The minimum absolute atomic E-state index is 0.284. The number of carbonyl (C=O) groups is 1. The van der Waals surface area contributed by atoms with Crippen molar-refractivity contribution in [2.24, 2.45) is 11.8 Å². The van der Waals surface area contributed by atoms with Crippen molar-refractivity contribution in [3.8, 4) is 0 Å². The Balaban J connectivity index is 4.00. The Kier molecular flexibility index (Phi) is 15.5. The molecule has 0 aliphatic heterocycles. The zero-order valence-corrected chi connectivity index (χ0v) is 18.2. The van der Waals surface area contributed by atoms with E-state index in [1.165, 1.54) is 62.5 Å². The van der Waals surface area contributed by atoms with Crippen molar-refractivity contribution >= 4 is 5.97 Å². The Labute approximate surface area is 163 Å². The summed E-state index contributed by atoms with van der Waals surface area (Å²) in [6.07, 6.45) is 18.8. The average molecular weight is 365 g/mol. The Bertz CT molecular complexity index is 420. The fraction of sp³-hybridized carbons (Fsp3) is 0.792. The highest BCUT2D eigenvalue weighted by Crippen LogP contribution is 2.20. The second-order valence-electron chi connectivity index (χ2n) is 8.35. The van der Waals surface area contributed by atoms with Gasteiger partial charge in [0.15, 0.2) is 0 Å². The van der Waals surface area contributed by atoms with E-state index in [9.17, 15) is 4.79 Å². The minimum atomic E-state index is -0.688. The first-order valence-corrected chi connectivity index (χ1v) is 10.9. The molecule has 0 aromatic carbocycles. The lowest BCUT2D eigenvalue weighted by Crippen LogP contribution is -1.98. The summed E-state index contributed by atoms with van der Waals surface area (Å²) in [7, 11) is 0. The van der Waals surface area contributed by atoms with Gasteiger partial charge in [-0.1, -0.05) is 89.0 Å². The van der Waals surface area contributed by atoms with Crippen LogP contribution < -0.4 is 0 Å². The van der Waals surface area contributed by atoms with Gasteiger partial charge in [0.1, 0.15) is 0 Å². The number of aliphatic carboxylic acids is 1. The van der Waals surface area contributed by atoms with Gasteiger partial charge in [-0.3, -0.25) is 4.79 Å². The third kappa shape index (κ3) is 16.4. The molecule has 0 unspecified atom stereocenters. The van der Waals surface area contributed by atoms with Crippen LogP contribution in [0, 0.1) is 11.8 Å². The van der Waals surface area contributed by atoms with Gasteiger partial charge in [0, 0.05) is 6.42 Å². The van der Waals surface area contributed by atoms with Crippen molar-refractivity contribution < 1.29 is 9.90 Å². The molecule has 0 rings (SSSR count). The molecule has 1 N–H and O–H groups in total. The van der Waals surface area contributed by atoms with Crippen LogP contribution in [0.15, 0.2) is 23.3 Å². The summed E-state index contributed by atoms with van der Waals surface area (Å²) in [6.45, 7) is 11.2. The van der Waals surface area contributed by atoms with E-state index in [4.69, 9.17) is 5.11 Å². The fourth-order valence-electron chi connectivity index (χ4n) is 3.69. The monoisotopic (exact) mass is 364 g/mol. The molecule has 0 aromatic rings. The van der Waals surface area contributed by atoms with Crippen LogP contribution in [0.4, 0.5) is 0 Å². The van der Waals surface area contributed by atoms with E-state index in [1.807, 2.05) is 0 Å². The van der Waals surface area contributed by atoms with E-state index in [0.29, 0.717) is 11.8 Å². The van der Waals surface area contributed by atoms with Gasteiger partial charge in [-0.15, -0.1) is 0 Å². The van der Waals surface area contributed by atoms with E-state index in [1.54, 1.807) is 0 Å². The predicted molar refractivity (Wildman–Crippen MR) is 115 cm³/mol. The number of unbranched alkanes of at least 4 members (excludes halogenated alkanes) is 6. The molecule has 0 spiro atoms. The maximum absolute atomic E-state index is 10.6. The van der Waals surface area contributed by atoms with Crippen molar-refractivity contribution in [3.63, 3.8) is 0 Å². The third-order valence-electron chi connectivity index (χ3n) is 5.01. The zero-order chi connectivity index (χ0) is 19.8.